The van der Waals surface area contributed by atoms with Crippen LogP contribution >= 0.6 is 0 Å². The maximum atomic E-state index is 10.1. The fraction of sp³-hybridized carbons (Fsp3) is 1.00. The largest absolute Gasteiger partial charge is 0.396 e. The van der Waals surface area contributed by atoms with Crippen molar-refractivity contribution < 1.29 is 15.1 Å². The number of rotatable bonds is 5. The Balaban J connectivity index is 3.77. The molecule has 0 amide bonds. The van der Waals surface area contributed by atoms with Crippen molar-refractivity contribution in [3.8, 4) is 0 Å². The maximum Gasteiger partial charge on any atom is 0.236 e. The summed E-state index contributed by atoms with van der Waals surface area (Å²) in [5, 5.41) is 27.2. The van der Waals surface area contributed by atoms with Crippen LogP contribution in [0.3, 0.4) is 0 Å². The number of hydrogen-bond acceptors (Lipinski definition) is 4. The van der Waals surface area contributed by atoms with Gasteiger partial charge in [0, 0.05) is 18.0 Å². The molecule has 0 radical (unpaired) electrons. The van der Waals surface area contributed by atoms with Crippen molar-refractivity contribution in [2.24, 2.45) is 5.92 Å². The lowest BCUT2D eigenvalue weighted by molar-refractivity contribution is -0.528. The Morgan fingerprint density at radius 2 is 2.00 bits per heavy atom. The van der Waals surface area contributed by atoms with E-state index in [2.05, 4.69) is 0 Å². The topological polar surface area (TPSA) is 83.6 Å². The quantitative estimate of drug-likeness (QED) is 0.428. The lowest BCUT2D eigenvalue weighted by atomic mass is 10.0. The van der Waals surface area contributed by atoms with Crippen LogP contribution in [0.25, 0.3) is 0 Å². The van der Waals surface area contributed by atoms with Gasteiger partial charge in [-0.05, 0) is 5.92 Å². The van der Waals surface area contributed by atoms with Crippen LogP contribution in [0.2, 0.25) is 0 Å². The van der Waals surface area contributed by atoms with Crippen molar-refractivity contribution in [1.82, 2.24) is 0 Å². The van der Waals surface area contributed by atoms with Gasteiger partial charge in [0.15, 0.2) is 0 Å². The molecule has 5 nitrogen and oxygen atoms in total. The molecule has 0 saturated carbocycles. The monoisotopic (exact) mass is 163 g/mol. The normalized spacial score (nSPS) is 15.9. The molecule has 2 N–H and O–H groups in total. The van der Waals surface area contributed by atoms with E-state index in [9.17, 15) is 10.1 Å². The lowest BCUT2D eigenvalue weighted by Gasteiger charge is -2.09. The summed E-state index contributed by atoms with van der Waals surface area (Å²) in [5.74, 6) is -0.127. The summed E-state index contributed by atoms with van der Waals surface area (Å²) in [6, 6.07) is -0.933. The summed E-state index contributed by atoms with van der Waals surface area (Å²) in [4.78, 5) is 9.62. The smallest absolute Gasteiger partial charge is 0.236 e. The van der Waals surface area contributed by atoms with Gasteiger partial charge in [-0.25, -0.2) is 0 Å². The summed E-state index contributed by atoms with van der Waals surface area (Å²) in [5.41, 5.74) is 0. The van der Waals surface area contributed by atoms with Crippen molar-refractivity contribution in [3.05, 3.63) is 10.1 Å². The van der Waals surface area contributed by atoms with E-state index >= 15 is 0 Å². The first-order valence-electron chi connectivity index (χ1n) is 3.47. The molecule has 0 aromatic heterocycles. The van der Waals surface area contributed by atoms with Gasteiger partial charge in [-0.1, -0.05) is 6.92 Å². The number of nitrogens with zero attached hydrogens (tertiary/aromatic N) is 1. The standard InChI is InChI=1S/C6H13NO4/c1-5(3-8)2-6(4-9)7(10)11/h5-6,8-9H,2-4H2,1H3. The highest BCUT2D eigenvalue weighted by Gasteiger charge is 2.21. The third-order valence-electron chi connectivity index (χ3n) is 1.50. The molecule has 0 spiro atoms. The second kappa shape index (κ2) is 5.03. The zero-order valence-electron chi connectivity index (χ0n) is 6.43. The summed E-state index contributed by atoms with van der Waals surface area (Å²) < 4.78 is 0. The molecule has 0 aliphatic heterocycles. The van der Waals surface area contributed by atoms with Crippen LogP contribution in [-0.4, -0.2) is 34.4 Å². The molecule has 0 bridgehead atoms. The van der Waals surface area contributed by atoms with Gasteiger partial charge >= 0.3 is 0 Å². The average molecular weight is 163 g/mol. The van der Waals surface area contributed by atoms with Crippen LogP contribution in [0.15, 0.2) is 0 Å². The minimum atomic E-state index is -0.933. The van der Waals surface area contributed by atoms with Crippen LogP contribution in [0, 0.1) is 16.0 Å². The highest BCUT2D eigenvalue weighted by atomic mass is 16.6. The number of aliphatic hydroxyl groups is 2. The summed E-state index contributed by atoms with van der Waals surface area (Å²) >= 11 is 0. The summed E-state index contributed by atoms with van der Waals surface area (Å²) in [6.07, 6.45) is 0.222. The molecule has 0 heterocycles. The minimum Gasteiger partial charge on any atom is -0.396 e. The zero-order valence-corrected chi connectivity index (χ0v) is 6.43. The van der Waals surface area contributed by atoms with E-state index in [-0.39, 0.29) is 18.9 Å². The van der Waals surface area contributed by atoms with Gasteiger partial charge in [0.25, 0.3) is 0 Å². The second-order valence-corrected chi connectivity index (χ2v) is 2.65. The fourth-order valence-corrected chi connectivity index (χ4v) is 0.766. The molecular formula is C6H13NO4. The van der Waals surface area contributed by atoms with Gasteiger partial charge < -0.3 is 10.2 Å². The Hall–Kier alpha value is -0.680. The minimum absolute atomic E-state index is 0.0790. The highest BCUT2D eigenvalue weighted by molar-refractivity contribution is 4.59. The first-order chi connectivity index (χ1) is 5.11. The Kier molecular flexibility index (Phi) is 4.72. The summed E-state index contributed by atoms with van der Waals surface area (Å²) in [6.45, 7) is 1.16. The van der Waals surface area contributed by atoms with Crippen molar-refractivity contribution in [2.45, 2.75) is 19.4 Å². The molecule has 0 rings (SSSR count). The van der Waals surface area contributed by atoms with Crippen molar-refractivity contribution in [1.29, 1.82) is 0 Å². The fourth-order valence-electron chi connectivity index (χ4n) is 0.766. The first-order valence-corrected chi connectivity index (χ1v) is 3.47. The number of hydrogen-bond donors (Lipinski definition) is 2. The van der Waals surface area contributed by atoms with Crippen molar-refractivity contribution in [2.75, 3.05) is 13.2 Å². The third kappa shape index (κ3) is 3.90. The van der Waals surface area contributed by atoms with Gasteiger partial charge in [-0.3, -0.25) is 10.1 Å². The molecule has 0 fully saturated rings. The van der Waals surface area contributed by atoms with Crippen LogP contribution in [0.5, 0.6) is 0 Å². The molecule has 0 aliphatic carbocycles. The molecule has 11 heavy (non-hydrogen) atoms. The van der Waals surface area contributed by atoms with Crippen LogP contribution in [-0.2, 0) is 0 Å². The van der Waals surface area contributed by atoms with Crippen LogP contribution in [0.4, 0.5) is 0 Å². The average Bonchev–Trinajstić information content (AvgIpc) is 1.99. The Bertz CT molecular complexity index is 128. The van der Waals surface area contributed by atoms with E-state index in [1.165, 1.54) is 0 Å². The molecule has 0 saturated heterocycles. The predicted molar refractivity (Wildman–Crippen MR) is 38.7 cm³/mol. The molecule has 0 aliphatic rings. The Morgan fingerprint density at radius 3 is 2.27 bits per heavy atom. The molecule has 2 atom stereocenters. The molecule has 2 unspecified atom stereocenters. The number of aliphatic hydroxyl groups excluding tert-OH is 2. The van der Waals surface area contributed by atoms with E-state index < -0.39 is 17.6 Å². The summed E-state index contributed by atoms with van der Waals surface area (Å²) in [7, 11) is 0. The SMILES string of the molecule is CC(CO)CC(CO)[N+](=O)[O-]. The first kappa shape index (κ1) is 10.3. The van der Waals surface area contributed by atoms with Crippen LogP contribution in [0.1, 0.15) is 13.3 Å². The van der Waals surface area contributed by atoms with E-state index in [1.807, 2.05) is 0 Å². The predicted octanol–water partition coefficient (Wildman–Crippen LogP) is -0.357. The van der Waals surface area contributed by atoms with E-state index in [0.717, 1.165) is 0 Å². The molecule has 5 heteroatoms. The van der Waals surface area contributed by atoms with Crippen LogP contribution < -0.4 is 0 Å². The van der Waals surface area contributed by atoms with E-state index in [0.29, 0.717) is 0 Å². The Morgan fingerprint density at radius 1 is 1.45 bits per heavy atom. The third-order valence-corrected chi connectivity index (χ3v) is 1.50. The zero-order chi connectivity index (χ0) is 8.85. The van der Waals surface area contributed by atoms with Gasteiger partial charge in [-0.15, -0.1) is 0 Å². The molecular weight excluding hydrogens is 150 g/mol. The lowest BCUT2D eigenvalue weighted by Crippen LogP contribution is -2.26. The maximum absolute atomic E-state index is 10.1. The van der Waals surface area contributed by atoms with Gasteiger partial charge in [-0.2, -0.15) is 0 Å². The Labute approximate surface area is 64.8 Å². The van der Waals surface area contributed by atoms with Gasteiger partial charge in [0.05, 0.1) is 0 Å². The van der Waals surface area contributed by atoms with Gasteiger partial charge in [0.1, 0.15) is 6.61 Å². The van der Waals surface area contributed by atoms with Crippen molar-refractivity contribution >= 4 is 0 Å². The van der Waals surface area contributed by atoms with Crippen molar-refractivity contribution in [3.63, 3.8) is 0 Å². The molecule has 0 aromatic rings. The number of nitro groups is 1. The van der Waals surface area contributed by atoms with Gasteiger partial charge in [0.2, 0.25) is 6.04 Å². The highest BCUT2D eigenvalue weighted by Crippen LogP contribution is 2.06. The second-order valence-electron chi connectivity index (χ2n) is 2.65. The molecule has 66 valence electrons. The van der Waals surface area contributed by atoms with E-state index in [4.69, 9.17) is 10.2 Å². The molecule has 0 aromatic carbocycles. The van der Waals surface area contributed by atoms with E-state index in [1.54, 1.807) is 6.92 Å².